The van der Waals surface area contributed by atoms with Crippen LogP contribution in [0.5, 0.6) is 0 Å². The van der Waals surface area contributed by atoms with Gasteiger partial charge in [0.05, 0.1) is 23.7 Å². The van der Waals surface area contributed by atoms with Gasteiger partial charge in [-0.05, 0) is 148 Å². The highest BCUT2D eigenvalue weighted by Gasteiger charge is 2.80. The summed E-state index contributed by atoms with van der Waals surface area (Å²) in [5, 5.41) is 13.4. The van der Waals surface area contributed by atoms with Crippen LogP contribution in [0.4, 0.5) is 9.59 Å². The van der Waals surface area contributed by atoms with Gasteiger partial charge in [-0.3, -0.25) is 34.8 Å². The number of carbonyl (C=O) groups is 6. The molecule has 18 nitrogen and oxygen atoms in total. The lowest BCUT2D eigenvalue weighted by molar-refractivity contribution is -0.176. The fraction of sp³-hybridized carbons (Fsp3) is 0.717. The van der Waals surface area contributed by atoms with Crippen LogP contribution in [0.3, 0.4) is 0 Å². The van der Waals surface area contributed by atoms with E-state index >= 15 is 0 Å². The molecular formula is C46H71BN8O10. The summed E-state index contributed by atoms with van der Waals surface area (Å²) in [6.07, 6.45) is 4.61. The zero-order valence-electron chi connectivity index (χ0n) is 39.7. The maximum atomic E-state index is 13.7. The van der Waals surface area contributed by atoms with E-state index in [1.54, 1.807) is 72.7 Å². The number of likely N-dealkylation sites (tertiary alicyclic amines) is 1. The molecule has 7 N–H and O–H groups in total. The van der Waals surface area contributed by atoms with Crippen LogP contribution in [0.25, 0.3) is 0 Å². The topological polar surface area (TPSA) is 241 Å². The van der Waals surface area contributed by atoms with Gasteiger partial charge < -0.3 is 45.4 Å². The number of nitrogens with one attached hydrogen (secondary N) is 5. The lowest BCUT2D eigenvalue weighted by atomic mass is 9.41. The Kier molecular flexibility index (Phi) is 15.3. The first kappa shape index (κ1) is 49.7. The van der Waals surface area contributed by atoms with Crippen molar-refractivity contribution < 1.29 is 47.5 Å². The SMILES string of the molecule is C[C@@H](NC(=O)c1ccc(CNC(=O)CCCCNC(=O)[C@@H](N)CCCN=C(NC(=O)OC(C)(C)C)NC(=O)OC(C)(C)C)cc1)C(=O)N1CCC[C@H]1B1OC2C3C[C@@H]4C[C@@H](C34C)[C@]2(C)O1. The molecule has 19 heteroatoms. The lowest BCUT2D eigenvalue weighted by Crippen LogP contribution is -2.61. The molecule has 9 atom stereocenters. The average molecular weight is 907 g/mol. The second-order valence-corrected chi connectivity index (χ2v) is 20.8. The summed E-state index contributed by atoms with van der Waals surface area (Å²) in [5.74, 6) is 0.532. The predicted octanol–water partition coefficient (Wildman–Crippen LogP) is 4.09. The highest BCUT2D eigenvalue weighted by molar-refractivity contribution is 6.48. The third-order valence-electron chi connectivity index (χ3n) is 13.7. The molecule has 6 rings (SSSR count). The highest BCUT2D eigenvalue weighted by Crippen LogP contribution is 2.79. The third kappa shape index (κ3) is 11.8. The summed E-state index contributed by atoms with van der Waals surface area (Å²) in [6.45, 7) is 17.9. The molecule has 0 radical (unpaired) electrons. The molecule has 2 saturated heterocycles. The van der Waals surface area contributed by atoms with Crippen LogP contribution >= 0.6 is 0 Å². The standard InChI is InChI=1S/C46H71BN8O10/c1-27(39(59)55-23-13-15-34(55)47-64-36-31-24-30-25-33(45(30,31)8)46(36,9)65-47)52-37(57)29-19-17-28(18-20-29)26-51-35(56)16-10-11-21-49-38(58)32(48)14-12-22-50-40(53-41(60)62-43(2,3)4)54-42(61)63-44(5,6)7/h17-20,27,30-34,36H,10-16,21-26,48H2,1-9H3,(H,49,58)(H,51,56)(H,52,57)(H2,50,53,54,60,61)/t27-,30-,31?,32+,33+,34+,36?,45?,46+/m1/s1. The van der Waals surface area contributed by atoms with Crippen LogP contribution in [0.2, 0.25) is 0 Å². The molecule has 0 aromatic heterocycles. The molecule has 5 fully saturated rings. The van der Waals surface area contributed by atoms with E-state index in [-0.39, 0.29) is 66.7 Å². The number of hydrogen-bond acceptors (Lipinski definition) is 12. The Balaban J connectivity index is 0.836. The van der Waals surface area contributed by atoms with Crippen LogP contribution in [-0.4, -0.2) is 114 Å². The highest BCUT2D eigenvalue weighted by atomic mass is 16.7. The number of fused-ring (bicyclic) bond motifs is 3. The van der Waals surface area contributed by atoms with Gasteiger partial charge in [-0.15, -0.1) is 0 Å². The number of hydrogen-bond donors (Lipinski definition) is 6. The van der Waals surface area contributed by atoms with Gasteiger partial charge in [0, 0.05) is 38.2 Å². The molecule has 5 aliphatic rings. The second kappa shape index (κ2) is 20.0. The molecule has 0 bridgehead atoms. The van der Waals surface area contributed by atoms with Gasteiger partial charge in [0.1, 0.15) is 17.2 Å². The zero-order chi connectivity index (χ0) is 47.5. The van der Waals surface area contributed by atoms with Gasteiger partial charge in [-0.2, -0.15) is 0 Å². The van der Waals surface area contributed by atoms with Crippen molar-refractivity contribution in [2.45, 2.75) is 168 Å². The van der Waals surface area contributed by atoms with Crippen molar-refractivity contribution in [2.24, 2.45) is 33.9 Å². The number of unbranched alkanes of at least 4 members (excludes halogenated alkanes) is 1. The molecule has 358 valence electrons. The Hall–Kier alpha value is -4.75. The number of benzene rings is 1. The lowest BCUT2D eigenvalue weighted by Gasteiger charge is -2.64. The van der Waals surface area contributed by atoms with Crippen molar-refractivity contribution in [1.29, 1.82) is 0 Å². The van der Waals surface area contributed by atoms with Crippen molar-refractivity contribution >= 4 is 48.9 Å². The van der Waals surface area contributed by atoms with Gasteiger partial charge in [0.15, 0.2) is 0 Å². The number of nitrogens with two attached hydrogens (primary N) is 1. The van der Waals surface area contributed by atoms with Gasteiger partial charge in [-0.1, -0.05) is 19.1 Å². The normalized spacial score (nSPS) is 27.1. The first-order valence-corrected chi connectivity index (χ1v) is 23.4. The number of ether oxygens (including phenoxy) is 2. The molecule has 6 amide bonds. The van der Waals surface area contributed by atoms with Crippen molar-refractivity contribution in [3.8, 4) is 0 Å². The molecule has 3 saturated carbocycles. The number of rotatable bonds is 16. The Morgan fingerprint density at radius 3 is 2.23 bits per heavy atom. The van der Waals surface area contributed by atoms with Gasteiger partial charge >= 0.3 is 19.3 Å². The quantitative estimate of drug-likeness (QED) is 0.0598. The van der Waals surface area contributed by atoms with Gasteiger partial charge in [0.2, 0.25) is 23.7 Å². The Morgan fingerprint density at radius 2 is 1.60 bits per heavy atom. The van der Waals surface area contributed by atoms with Crippen LogP contribution in [0.15, 0.2) is 29.3 Å². The summed E-state index contributed by atoms with van der Waals surface area (Å²) in [5.41, 5.74) is 5.81. The molecule has 1 aromatic carbocycles. The van der Waals surface area contributed by atoms with E-state index in [9.17, 15) is 28.8 Å². The van der Waals surface area contributed by atoms with E-state index in [0.717, 1.165) is 24.3 Å². The molecule has 3 unspecified atom stereocenters. The van der Waals surface area contributed by atoms with Crippen LogP contribution < -0.4 is 32.3 Å². The molecule has 1 aromatic rings. The molecule has 2 heterocycles. The van der Waals surface area contributed by atoms with E-state index < -0.39 is 42.6 Å². The van der Waals surface area contributed by atoms with Crippen molar-refractivity contribution in [1.82, 2.24) is 31.5 Å². The molecule has 65 heavy (non-hydrogen) atoms. The summed E-state index contributed by atoms with van der Waals surface area (Å²) in [6, 6.07) is 5.36. The Labute approximate surface area is 383 Å². The third-order valence-corrected chi connectivity index (χ3v) is 13.7. The largest absolute Gasteiger partial charge is 0.481 e. The number of alkyl carbamates (subject to hydrolysis) is 2. The van der Waals surface area contributed by atoms with Crippen LogP contribution in [-0.2, 0) is 39.7 Å². The maximum absolute atomic E-state index is 13.7. The Bertz CT molecular complexity index is 1940. The Morgan fingerprint density at radius 1 is 0.938 bits per heavy atom. The first-order chi connectivity index (χ1) is 30.5. The van der Waals surface area contributed by atoms with Gasteiger partial charge in [0.25, 0.3) is 5.91 Å². The number of carbonyl (C=O) groups excluding carboxylic acids is 6. The van der Waals surface area contributed by atoms with Crippen molar-refractivity contribution in [2.75, 3.05) is 19.6 Å². The maximum Gasteiger partial charge on any atom is 0.481 e. The minimum absolute atomic E-state index is 0.0794. The summed E-state index contributed by atoms with van der Waals surface area (Å²) in [7, 11) is -0.446. The fourth-order valence-electron chi connectivity index (χ4n) is 10.4. The monoisotopic (exact) mass is 907 g/mol. The average Bonchev–Trinajstić information content (AvgIpc) is 3.83. The smallest absolute Gasteiger partial charge is 0.444 e. The number of amides is 6. The van der Waals surface area contributed by atoms with Crippen molar-refractivity contribution in [3.63, 3.8) is 0 Å². The summed E-state index contributed by atoms with van der Waals surface area (Å²) >= 11 is 0. The predicted molar refractivity (Wildman–Crippen MR) is 243 cm³/mol. The first-order valence-electron chi connectivity index (χ1n) is 23.4. The fourth-order valence-corrected chi connectivity index (χ4v) is 10.4. The van der Waals surface area contributed by atoms with Gasteiger partial charge in [-0.25, -0.2) is 9.59 Å². The molecule has 2 aliphatic heterocycles. The van der Waals surface area contributed by atoms with Crippen LogP contribution in [0, 0.1) is 23.2 Å². The minimum Gasteiger partial charge on any atom is -0.444 e. The number of nitrogens with zero attached hydrogens (tertiary/aromatic N) is 2. The van der Waals surface area contributed by atoms with Crippen LogP contribution in [0.1, 0.15) is 136 Å². The minimum atomic E-state index is -0.805. The molecule has 3 aliphatic carbocycles. The number of aliphatic imine (C=N–C) groups is 1. The number of guanidine groups is 1. The second-order valence-electron chi connectivity index (χ2n) is 20.8. The van der Waals surface area contributed by atoms with E-state index in [4.69, 9.17) is 24.5 Å². The summed E-state index contributed by atoms with van der Waals surface area (Å²) < 4.78 is 23.9. The van der Waals surface area contributed by atoms with Crippen molar-refractivity contribution in [3.05, 3.63) is 35.4 Å². The van der Waals surface area contributed by atoms with E-state index in [1.807, 2.05) is 4.90 Å². The molecular weight excluding hydrogens is 835 g/mol. The van der Waals surface area contributed by atoms with E-state index in [1.165, 1.54) is 12.8 Å². The van der Waals surface area contributed by atoms with E-state index in [0.29, 0.717) is 61.6 Å². The summed E-state index contributed by atoms with van der Waals surface area (Å²) in [4.78, 5) is 82.6. The van der Waals surface area contributed by atoms with E-state index in [2.05, 4.69) is 45.4 Å². The zero-order valence-corrected chi connectivity index (χ0v) is 39.7. The molecule has 0 spiro atoms.